The quantitative estimate of drug-likeness (QED) is 0.123. The summed E-state index contributed by atoms with van der Waals surface area (Å²) in [5.74, 6) is 0.128. The Morgan fingerprint density at radius 3 is 2.57 bits per heavy atom. The van der Waals surface area contributed by atoms with Gasteiger partial charge in [0.25, 0.3) is 0 Å². The van der Waals surface area contributed by atoms with Gasteiger partial charge in [0.1, 0.15) is 0 Å². The zero-order chi connectivity index (χ0) is 31.1. The molecule has 1 amide bonds. The number of hydrogen-bond acceptors (Lipinski definition) is 8. The number of aliphatic hydroxyl groups is 1. The lowest BCUT2D eigenvalue weighted by molar-refractivity contribution is -0.119. The molecular formula is C32H33Cl2FN6O3. The van der Waals surface area contributed by atoms with Gasteiger partial charge in [0.2, 0.25) is 11.8 Å². The molecule has 0 spiro atoms. The van der Waals surface area contributed by atoms with Crippen molar-refractivity contribution in [2.45, 2.75) is 32.0 Å². The van der Waals surface area contributed by atoms with Gasteiger partial charge in [0, 0.05) is 67.1 Å². The Morgan fingerprint density at radius 1 is 1.00 bits per heavy atom. The molecule has 4 aromatic rings. The van der Waals surface area contributed by atoms with Crippen molar-refractivity contribution in [3.8, 4) is 28.4 Å². The van der Waals surface area contributed by atoms with Crippen molar-refractivity contribution >= 4 is 40.5 Å². The average Bonchev–Trinajstić information content (AvgIpc) is 3.45. The Morgan fingerprint density at radius 2 is 1.80 bits per heavy atom. The van der Waals surface area contributed by atoms with Crippen LogP contribution in [-0.2, 0) is 17.9 Å². The first-order valence-corrected chi connectivity index (χ1v) is 15.0. The van der Waals surface area contributed by atoms with Gasteiger partial charge in [-0.2, -0.15) is 0 Å². The number of benzene rings is 2. The molecule has 0 saturated carbocycles. The number of rotatable bonds is 13. The maximum absolute atomic E-state index is 15.2. The molecule has 5 N–H and O–H groups in total. The number of nitrogens with one attached hydrogen (secondary N) is 4. The van der Waals surface area contributed by atoms with E-state index in [1.807, 2.05) is 30.3 Å². The van der Waals surface area contributed by atoms with Crippen molar-refractivity contribution in [3.05, 3.63) is 87.8 Å². The smallest absolute Gasteiger partial charge is 0.220 e. The van der Waals surface area contributed by atoms with Crippen LogP contribution in [0.4, 0.5) is 15.8 Å². The number of aliphatic hydroxyl groups excluding tert-OH is 1. The molecule has 1 saturated heterocycles. The number of carbonyl (C=O) groups is 1. The first-order valence-electron chi connectivity index (χ1n) is 14.2. The van der Waals surface area contributed by atoms with Crippen molar-refractivity contribution in [1.82, 2.24) is 25.9 Å². The van der Waals surface area contributed by atoms with Crippen LogP contribution in [0, 0.1) is 5.82 Å². The monoisotopic (exact) mass is 638 g/mol. The number of nitrogens with zero attached hydrogens (tertiary/aromatic N) is 2. The van der Waals surface area contributed by atoms with E-state index in [4.69, 9.17) is 38.0 Å². The lowest BCUT2D eigenvalue weighted by atomic mass is 10.0. The van der Waals surface area contributed by atoms with Crippen molar-refractivity contribution in [1.29, 1.82) is 0 Å². The van der Waals surface area contributed by atoms with Gasteiger partial charge in [-0.3, -0.25) is 9.78 Å². The molecule has 0 bridgehead atoms. The third kappa shape index (κ3) is 7.28. The van der Waals surface area contributed by atoms with Gasteiger partial charge in [-0.05, 0) is 24.6 Å². The summed E-state index contributed by atoms with van der Waals surface area (Å²) in [4.78, 5) is 20.7. The van der Waals surface area contributed by atoms with Crippen LogP contribution < -0.4 is 26.0 Å². The first kappa shape index (κ1) is 31.6. The van der Waals surface area contributed by atoms with Gasteiger partial charge in [0.05, 0.1) is 46.5 Å². The van der Waals surface area contributed by atoms with Crippen molar-refractivity contribution in [2.75, 3.05) is 32.1 Å². The number of carbonyl (C=O) groups excluding carboxylic acids is 1. The number of pyridine rings is 2. The minimum Gasteiger partial charge on any atom is -0.481 e. The fourth-order valence-corrected chi connectivity index (χ4v) is 5.62. The van der Waals surface area contributed by atoms with Crippen molar-refractivity contribution in [2.24, 2.45) is 0 Å². The van der Waals surface area contributed by atoms with E-state index in [0.29, 0.717) is 70.7 Å². The molecule has 2 aromatic heterocycles. The Balaban J connectivity index is 1.37. The van der Waals surface area contributed by atoms with Crippen molar-refractivity contribution < 1.29 is 19.0 Å². The Labute approximate surface area is 265 Å². The van der Waals surface area contributed by atoms with Crippen LogP contribution in [0.5, 0.6) is 5.88 Å². The Kier molecular flexibility index (Phi) is 10.6. The van der Waals surface area contributed by atoms with E-state index in [-0.39, 0.29) is 35.8 Å². The lowest BCUT2D eigenvalue weighted by Crippen LogP contribution is -2.35. The highest BCUT2D eigenvalue weighted by molar-refractivity contribution is 6.39. The molecule has 0 aliphatic carbocycles. The van der Waals surface area contributed by atoms with E-state index < -0.39 is 5.82 Å². The van der Waals surface area contributed by atoms with Crippen LogP contribution in [0.25, 0.3) is 22.5 Å². The van der Waals surface area contributed by atoms with Crippen LogP contribution in [0.2, 0.25) is 10.0 Å². The van der Waals surface area contributed by atoms with E-state index in [9.17, 15) is 4.79 Å². The predicted octanol–water partition coefficient (Wildman–Crippen LogP) is 5.46. The second-order valence-electron chi connectivity index (χ2n) is 10.3. The second kappa shape index (κ2) is 14.8. The zero-order valence-corrected chi connectivity index (χ0v) is 25.6. The van der Waals surface area contributed by atoms with E-state index >= 15 is 4.39 Å². The molecule has 1 fully saturated rings. The summed E-state index contributed by atoms with van der Waals surface area (Å²) in [5, 5.41) is 22.1. The predicted molar refractivity (Wildman–Crippen MR) is 171 cm³/mol. The number of ether oxygens (including phenoxy) is 1. The zero-order valence-electron chi connectivity index (χ0n) is 24.1. The molecule has 12 heteroatoms. The average molecular weight is 640 g/mol. The normalized spacial score (nSPS) is 14.5. The summed E-state index contributed by atoms with van der Waals surface area (Å²) in [6.45, 7) is 1.79. The van der Waals surface area contributed by atoms with Crippen LogP contribution in [0.15, 0.2) is 60.8 Å². The first-order chi connectivity index (χ1) is 21.4. The molecule has 9 nitrogen and oxygen atoms in total. The van der Waals surface area contributed by atoms with E-state index in [0.717, 1.165) is 12.0 Å². The standard InChI is InChI=1S/C32H33Cl2FN6O3/c1-44-32-20(17-37-18-21-9-11-27(43)39-21)8-10-24(41-32)22-5-3-6-23(28(22)33)31-29(34)25(12-13-38-31)40-26-7-2-4-19(30(26)35)16-36-14-15-42/h2-8,10,12-13,21,36-37,42H,9,11,14-18H2,1H3,(H,38,40)(H,39,43)/t21-/m0/s1. The Hall–Kier alpha value is -3.80. The highest BCUT2D eigenvalue weighted by atomic mass is 35.5. The third-order valence-electron chi connectivity index (χ3n) is 7.29. The van der Waals surface area contributed by atoms with E-state index in [1.165, 1.54) is 0 Å². The summed E-state index contributed by atoms with van der Waals surface area (Å²) in [7, 11) is 1.57. The van der Waals surface area contributed by atoms with Gasteiger partial charge in [-0.25, -0.2) is 9.37 Å². The summed E-state index contributed by atoms with van der Waals surface area (Å²) in [5.41, 5.74) is 4.34. The molecule has 5 rings (SSSR count). The highest BCUT2D eigenvalue weighted by Crippen LogP contribution is 2.41. The van der Waals surface area contributed by atoms with E-state index in [2.05, 4.69) is 26.3 Å². The van der Waals surface area contributed by atoms with Gasteiger partial charge in [0.15, 0.2) is 5.82 Å². The molecule has 1 atom stereocenters. The fraction of sp³-hybridized carbons (Fsp3) is 0.281. The molecular weight excluding hydrogens is 606 g/mol. The van der Waals surface area contributed by atoms with E-state index in [1.54, 1.807) is 37.6 Å². The maximum atomic E-state index is 15.2. The number of methoxy groups -OCH3 is 1. The number of anilines is 2. The number of halogens is 3. The van der Waals surface area contributed by atoms with Crippen molar-refractivity contribution in [3.63, 3.8) is 0 Å². The lowest BCUT2D eigenvalue weighted by Gasteiger charge is -2.16. The molecule has 3 heterocycles. The van der Waals surface area contributed by atoms with Gasteiger partial charge < -0.3 is 31.1 Å². The molecule has 0 unspecified atom stereocenters. The van der Waals surface area contributed by atoms with Crippen LogP contribution in [-0.4, -0.2) is 53.8 Å². The summed E-state index contributed by atoms with van der Waals surface area (Å²) >= 11 is 13.8. The highest BCUT2D eigenvalue weighted by Gasteiger charge is 2.21. The Bertz CT molecular complexity index is 1640. The van der Waals surface area contributed by atoms with Gasteiger partial charge in [-0.15, -0.1) is 0 Å². The maximum Gasteiger partial charge on any atom is 0.220 e. The minimum atomic E-state index is -0.420. The van der Waals surface area contributed by atoms with Crippen LogP contribution >= 0.6 is 23.2 Å². The van der Waals surface area contributed by atoms with Gasteiger partial charge in [-0.1, -0.05) is 59.6 Å². The molecule has 44 heavy (non-hydrogen) atoms. The summed E-state index contributed by atoms with van der Waals surface area (Å²) < 4.78 is 20.8. The van der Waals surface area contributed by atoms with Gasteiger partial charge >= 0.3 is 0 Å². The molecule has 2 aromatic carbocycles. The fourth-order valence-electron chi connectivity index (χ4n) is 5.04. The number of aromatic nitrogens is 2. The topological polar surface area (TPSA) is 120 Å². The largest absolute Gasteiger partial charge is 0.481 e. The second-order valence-corrected chi connectivity index (χ2v) is 11.0. The summed E-state index contributed by atoms with van der Waals surface area (Å²) in [6.07, 6.45) is 2.96. The SMILES string of the molecule is COc1nc(-c2cccc(-c3nccc(Nc4cccc(CNCCO)c4F)c3Cl)c2Cl)ccc1CNC[C@@H]1CCC(=O)N1. The molecule has 230 valence electrons. The van der Waals surface area contributed by atoms with Crippen LogP contribution in [0.3, 0.4) is 0 Å². The molecule has 1 aliphatic rings. The molecule has 1 aliphatic heterocycles. The minimum absolute atomic E-state index is 0.0333. The summed E-state index contributed by atoms with van der Waals surface area (Å²) in [6, 6.07) is 16.2. The third-order valence-corrected chi connectivity index (χ3v) is 8.08. The molecule has 0 radical (unpaired) electrons. The van der Waals surface area contributed by atoms with Crippen LogP contribution in [0.1, 0.15) is 24.0 Å². The number of amides is 1. The number of hydrogen-bond donors (Lipinski definition) is 5.